The highest BCUT2D eigenvalue weighted by molar-refractivity contribution is 5.94. The Morgan fingerprint density at radius 2 is 1.35 bits per heavy atom. The van der Waals surface area contributed by atoms with Gasteiger partial charge in [-0.25, -0.2) is 0 Å². The van der Waals surface area contributed by atoms with Gasteiger partial charge in [0, 0.05) is 6.42 Å². The molecule has 0 fully saturated rings. The van der Waals surface area contributed by atoms with Crippen LogP contribution in [0.4, 0.5) is 22.0 Å². The third-order valence-electron chi connectivity index (χ3n) is 2.30. The van der Waals surface area contributed by atoms with Crippen LogP contribution < -0.4 is 0 Å². The van der Waals surface area contributed by atoms with Crippen LogP contribution in [0.5, 0.6) is 0 Å². The van der Waals surface area contributed by atoms with E-state index in [1.54, 1.807) is 0 Å². The molecular weight excluding hydrogens is 291 g/mol. The molecule has 20 heavy (non-hydrogen) atoms. The molecular formula is C11H15F5O4. The summed E-state index contributed by atoms with van der Waals surface area (Å²) in [5.41, 5.74) is 0. The van der Waals surface area contributed by atoms with Gasteiger partial charge >= 0.3 is 24.0 Å². The summed E-state index contributed by atoms with van der Waals surface area (Å²) < 4.78 is 70.4. The van der Waals surface area contributed by atoms with Gasteiger partial charge in [-0.2, -0.15) is 22.0 Å². The first-order valence-electron chi connectivity index (χ1n) is 5.84. The SMILES string of the molecule is CCOC(=O)C(CCC(F)(F)C(F)(F)F)C(=O)OCC. The third-order valence-corrected chi connectivity index (χ3v) is 2.30. The van der Waals surface area contributed by atoms with E-state index >= 15 is 0 Å². The molecule has 0 aliphatic rings. The normalized spacial score (nSPS) is 12.4. The molecule has 4 nitrogen and oxygen atoms in total. The minimum atomic E-state index is -5.74. The van der Waals surface area contributed by atoms with E-state index in [1.807, 2.05) is 0 Å². The van der Waals surface area contributed by atoms with Crippen LogP contribution in [0.2, 0.25) is 0 Å². The van der Waals surface area contributed by atoms with E-state index in [-0.39, 0.29) is 13.2 Å². The van der Waals surface area contributed by atoms with Gasteiger partial charge in [-0.1, -0.05) is 0 Å². The molecule has 0 saturated heterocycles. The molecule has 0 aliphatic carbocycles. The van der Waals surface area contributed by atoms with Crippen molar-refractivity contribution < 1.29 is 41.0 Å². The molecule has 0 spiro atoms. The molecule has 0 radical (unpaired) electrons. The van der Waals surface area contributed by atoms with Crippen LogP contribution in [0, 0.1) is 5.92 Å². The summed E-state index contributed by atoms with van der Waals surface area (Å²) in [6, 6.07) is 0. The third kappa shape index (κ3) is 5.30. The van der Waals surface area contributed by atoms with E-state index in [9.17, 15) is 31.5 Å². The number of carbonyl (C=O) groups excluding carboxylic acids is 2. The molecule has 0 N–H and O–H groups in total. The molecule has 0 amide bonds. The highest BCUT2D eigenvalue weighted by atomic mass is 19.4. The number of esters is 2. The second-order valence-corrected chi connectivity index (χ2v) is 3.80. The maximum atomic E-state index is 12.8. The van der Waals surface area contributed by atoms with Crippen LogP contribution in [0.3, 0.4) is 0 Å². The van der Waals surface area contributed by atoms with Crippen molar-refractivity contribution >= 4 is 11.9 Å². The molecule has 0 aliphatic heterocycles. The Bertz CT molecular complexity index is 322. The Hall–Kier alpha value is -1.41. The standard InChI is InChI=1S/C11H15F5O4/c1-3-19-8(17)7(9(18)20-4-2)5-6-10(12,13)11(14,15)16/h7H,3-6H2,1-2H3. The van der Waals surface area contributed by atoms with Gasteiger partial charge in [0.15, 0.2) is 5.92 Å². The largest absolute Gasteiger partial charge is 0.465 e. The van der Waals surface area contributed by atoms with Crippen molar-refractivity contribution in [1.29, 1.82) is 0 Å². The second-order valence-electron chi connectivity index (χ2n) is 3.80. The Balaban J connectivity index is 4.83. The quantitative estimate of drug-likeness (QED) is 0.412. The van der Waals surface area contributed by atoms with Crippen LogP contribution in [0.1, 0.15) is 26.7 Å². The van der Waals surface area contributed by atoms with Gasteiger partial charge < -0.3 is 9.47 Å². The summed E-state index contributed by atoms with van der Waals surface area (Å²) in [6.45, 7) is 2.55. The number of carbonyl (C=O) groups is 2. The molecule has 0 aromatic rings. The topological polar surface area (TPSA) is 52.6 Å². The number of ether oxygens (including phenoxy) is 2. The van der Waals surface area contributed by atoms with Gasteiger partial charge in [-0.15, -0.1) is 0 Å². The zero-order valence-electron chi connectivity index (χ0n) is 10.9. The number of rotatable bonds is 7. The maximum Gasteiger partial charge on any atom is 0.453 e. The van der Waals surface area contributed by atoms with Gasteiger partial charge in [0.05, 0.1) is 13.2 Å². The lowest BCUT2D eigenvalue weighted by molar-refractivity contribution is -0.285. The van der Waals surface area contributed by atoms with Gasteiger partial charge in [-0.05, 0) is 20.3 Å². The predicted octanol–water partition coefficient (Wildman–Crippen LogP) is 2.71. The molecule has 0 heterocycles. The number of alkyl halides is 5. The fraction of sp³-hybridized carbons (Fsp3) is 0.818. The van der Waals surface area contributed by atoms with E-state index in [1.165, 1.54) is 13.8 Å². The highest BCUT2D eigenvalue weighted by Crippen LogP contribution is 2.39. The van der Waals surface area contributed by atoms with Crippen molar-refractivity contribution in [3.8, 4) is 0 Å². The number of hydrogen-bond acceptors (Lipinski definition) is 4. The molecule has 9 heteroatoms. The summed E-state index contributed by atoms with van der Waals surface area (Å²) in [7, 11) is 0. The number of hydrogen-bond donors (Lipinski definition) is 0. The fourth-order valence-electron chi connectivity index (χ4n) is 1.28. The fourth-order valence-corrected chi connectivity index (χ4v) is 1.28. The van der Waals surface area contributed by atoms with Crippen molar-refractivity contribution in [2.24, 2.45) is 5.92 Å². The average molecular weight is 306 g/mol. The van der Waals surface area contributed by atoms with Gasteiger partial charge in [-0.3, -0.25) is 9.59 Å². The Kier molecular flexibility index (Phi) is 6.87. The van der Waals surface area contributed by atoms with Crippen LogP contribution in [-0.2, 0) is 19.1 Å². The maximum absolute atomic E-state index is 12.8. The molecule has 0 unspecified atom stereocenters. The van der Waals surface area contributed by atoms with E-state index < -0.39 is 42.8 Å². The zero-order chi connectivity index (χ0) is 16.0. The summed E-state index contributed by atoms with van der Waals surface area (Å²) in [5.74, 6) is -9.12. The van der Waals surface area contributed by atoms with Crippen LogP contribution >= 0.6 is 0 Å². The molecule has 0 atom stereocenters. The monoisotopic (exact) mass is 306 g/mol. The van der Waals surface area contributed by atoms with Crippen molar-refractivity contribution in [3.63, 3.8) is 0 Å². The lowest BCUT2D eigenvalue weighted by Crippen LogP contribution is -2.38. The lowest BCUT2D eigenvalue weighted by Gasteiger charge is -2.21. The van der Waals surface area contributed by atoms with E-state index in [2.05, 4.69) is 9.47 Å². The first-order chi connectivity index (χ1) is 9.06. The molecule has 0 saturated carbocycles. The first-order valence-corrected chi connectivity index (χ1v) is 5.84. The van der Waals surface area contributed by atoms with Crippen LogP contribution in [-0.4, -0.2) is 37.3 Å². The molecule has 0 rings (SSSR count). The summed E-state index contributed by atoms with van der Waals surface area (Å²) in [5, 5.41) is 0. The Labute approximate surface area is 112 Å². The van der Waals surface area contributed by atoms with Crippen molar-refractivity contribution in [1.82, 2.24) is 0 Å². The smallest absolute Gasteiger partial charge is 0.453 e. The van der Waals surface area contributed by atoms with Crippen molar-refractivity contribution in [2.75, 3.05) is 13.2 Å². The van der Waals surface area contributed by atoms with Crippen molar-refractivity contribution in [2.45, 2.75) is 38.8 Å². The molecule has 0 bridgehead atoms. The second kappa shape index (κ2) is 7.39. The molecule has 118 valence electrons. The van der Waals surface area contributed by atoms with E-state index in [4.69, 9.17) is 0 Å². The van der Waals surface area contributed by atoms with Crippen LogP contribution in [0.25, 0.3) is 0 Å². The lowest BCUT2D eigenvalue weighted by atomic mass is 10.0. The summed E-state index contributed by atoms with van der Waals surface area (Å²) >= 11 is 0. The zero-order valence-corrected chi connectivity index (χ0v) is 10.9. The van der Waals surface area contributed by atoms with Crippen molar-refractivity contribution in [3.05, 3.63) is 0 Å². The van der Waals surface area contributed by atoms with Crippen LogP contribution in [0.15, 0.2) is 0 Å². The predicted molar refractivity (Wildman–Crippen MR) is 57.0 cm³/mol. The molecule has 0 aromatic carbocycles. The average Bonchev–Trinajstić information content (AvgIpc) is 2.28. The minimum Gasteiger partial charge on any atom is -0.465 e. The van der Waals surface area contributed by atoms with Gasteiger partial charge in [0.2, 0.25) is 0 Å². The van der Waals surface area contributed by atoms with E-state index in [0.29, 0.717) is 0 Å². The molecule has 0 aromatic heterocycles. The van der Waals surface area contributed by atoms with Gasteiger partial charge in [0.25, 0.3) is 0 Å². The minimum absolute atomic E-state index is 0.135. The first kappa shape index (κ1) is 18.6. The van der Waals surface area contributed by atoms with E-state index in [0.717, 1.165) is 0 Å². The Morgan fingerprint density at radius 1 is 0.950 bits per heavy atom. The Morgan fingerprint density at radius 3 is 1.65 bits per heavy atom. The summed E-state index contributed by atoms with van der Waals surface area (Å²) in [4.78, 5) is 22.8. The number of halogens is 5. The summed E-state index contributed by atoms with van der Waals surface area (Å²) in [6.07, 6.45) is -8.44. The highest BCUT2D eigenvalue weighted by Gasteiger charge is 2.57. The van der Waals surface area contributed by atoms with Gasteiger partial charge in [0.1, 0.15) is 0 Å².